The number of allylic oxidation sites excluding steroid dienone is 1. The van der Waals surface area contributed by atoms with E-state index in [9.17, 15) is 10.1 Å². The number of hydrogen-bond donors (Lipinski definition) is 0. The molecule has 0 bridgehead atoms. The van der Waals surface area contributed by atoms with Gasteiger partial charge in [-0.3, -0.25) is 4.79 Å². The molecule has 36 heavy (non-hydrogen) atoms. The lowest BCUT2D eigenvalue weighted by molar-refractivity contribution is -0.126. The minimum atomic E-state index is -0.240. The molecule has 1 heterocycles. The third-order valence-electron chi connectivity index (χ3n) is 6.08. The van der Waals surface area contributed by atoms with E-state index < -0.39 is 0 Å². The zero-order valence-electron chi connectivity index (χ0n) is 20.1. The Hall–Kier alpha value is -3.82. The molecule has 4 rings (SSSR count). The minimum Gasteiger partial charge on any atom is -0.487 e. The fourth-order valence-electron chi connectivity index (χ4n) is 4.24. The fraction of sp³-hybridized carbons (Fsp3) is 0.200. The molecule has 1 aliphatic heterocycles. The van der Waals surface area contributed by atoms with Gasteiger partial charge in [-0.05, 0) is 69.4 Å². The van der Waals surface area contributed by atoms with Gasteiger partial charge in [-0.1, -0.05) is 54.6 Å². The van der Waals surface area contributed by atoms with Crippen LogP contribution in [0.4, 0.5) is 5.69 Å². The molecular formula is C30H28BrN3O2. The summed E-state index contributed by atoms with van der Waals surface area (Å²) < 4.78 is 6.89. The number of carbonyl (C=O) groups excluding carboxylic acids is 1. The number of benzene rings is 3. The van der Waals surface area contributed by atoms with E-state index in [1.807, 2.05) is 66.7 Å². The van der Waals surface area contributed by atoms with Crippen LogP contribution in [0.3, 0.4) is 0 Å². The van der Waals surface area contributed by atoms with E-state index >= 15 is 0 Å². The molecule has 3 aromatic rings. The summed E-state index contributed by atoms with van der Waals surface area (Å²) in [5.41, 5.74) is 4.04. The predicted octanol–water partition coefficient (Wildman–Crippen LogP) is 6.01. The van der Waals surface area contributed by atoms with E-state index in [4.69, 9.17) is 4.74 Å². The summed E-state index contributed by atoms with van der Waals surface area (Å²) in [7, 11) is 0. The Labute approximate surface area is 221 Å². The number of ether oxygens (including phenoxy) is 1. The Morgan fingerprint density at radius 3 is 2.33 bits per heavy atom. The molecule has 3 aromatic carbocycles. The van der Waals surface area contributed by atoms with Crippen molar-refractivity contribution in [1.29, 1.82) is 5.26 Å². The van der Waals surface area contributed by atoms with E-state index in [1.165, 1.54) is 0 Å². The van der Waals surface area contributed by atoms with E-state index in [-0.39, 0.29) is 11.5 Å². The van der Waals surface area contributed by atoms with E-state index in [0.717, 1.165) is 45.7 Å². The number of nitrogens with zero attached hydrogens (tertiary/aromatic N) is 3. The second kappa shape index (κ2) is 12.2. The van der Waals surface area contributed by atoms with Crippen LogP contribution >= 0.6 is 15.9 Å². The Kier molecular flexibility index (Phi) is 8.59. The highest BCUT2D eigenvalue weighted by Gasteiger charge is 2.24. The number of piperazine rings is 1. The highest BCUT2D eigenvalue weighted by Crippen LogP contribution is 2.33. The Morgan fingerprint density at radius 1 is 1.03 bits per heavy atom. The van der Waals surface area contributed by atoms with Crippen LogP contribution in [0.2, 0.25) is 0 Å². The molecular weight excluding hydrogens is 514 g/mol. The third kappa shape index (κ3) is 6.24. The van der Waals surface area contributed by atoms with Crippen LogP contribution in [0, 0.1) is 11.3 Å². The molecule has 0 aromatic heterocycles. The maximum absolute atomic E-state index is 13.2. The Morgan fingerprint density at radius 2 is 1.69 bits per heavy atom. The van der Waals surface area contributed by atoms with Gasteiger partial charge in [0, 0.05) is 31.9 Å². The van der Waals surface area contributed by atoms with Gasteiger partial charge in [0.15, 0.2) is 0 Å². The van der Waals surface area contributed by atoms with Gasteiger partial charge in [0.2, 0.25) is 0 Å². The van der Waals surface area contributed by atoms with Crippen molar-refractivity contribution in [1.82, 2.24) is 4.90 Å². The van der Waals surface area contributed by atoms with Crippen molar-refractivity contribution in [2.45, 2.75) is 13.0 Å². The first kappa shape index (κ1) is 25.3. The molecule has 0 spiro atoms. The van der Waals surface area contributed by atoms with Crippen LogP contribution < -0.4 is 9.64 Å². The molecule has 182 valence electrons. The first-order chi connectivity index (χ1) is 17.6. The molecule has 0 N–H and O–H groups in total. The molecule has 1 amide bonds. The quantitative estimate of drug-likeness (QED) is 0.199. The molecule has 0 saturated carbocycles. The van der Waals surface area contributed by atoms with Crippen molar-refractivity contribution in [2.75, 3.05) is 31.1 Å². The normalized spacial score (nSPS) is 13.7. The monoisotopic (exact) mass is 541 g/mol. The van der Waals surface area contributed by atoms with E-state index in [1.54, 1.807) is 11.0 Å². The summed E-state index contributed by atoms with van der Waals surface area (Å²) in [6, 6.07) is 26.1. The lowest BCUT2D eigenvalue weighted by Crippen LogP contribution is -2.49. The molecule has 0 atom stereocenters. The summed E-state index contributed by atoms with van der Waals surface area (Å²) in [5, 5.41) is 9.80. The number of hydrogen-bond acceptors (Lipinski definition) is 4. The smallest absolute Gasteiger partial charge is 0.264 e. The predicted molar refractivity (Wildman–Crippen MR) is 148 cm³/mol. The van der Waals surface area contributed by atoms with Crippen molar-refractivity contribution >= 4 is 33.6 Å². The SMILES string of the molecule is C=CCc1cc(/C=C(/C#N)C(=O)N2CCN(c3ccccc3)CC2)cc(Br)c1OCc1ccccc1. The average molecular weight is 542 g/mol. The number of rotatable bonds is 8. The molecule has 1 saturated heterocycles. The van der Waals surface area contributed by atoms with Gasteiger partial charge >= 0.3 is 0 Å². The van der Waals surface area contributed by atoms with Crippen molar-refractivity contribution in [3.05, 3.63) is 112 Å². The molecule has 1 fully saturated rings. The van der Waals surface area contributed by atoms with Crippen molar-refractivity contribution in [3.8, 4) is 11.8 Å². The number of carbonyl (C=O) groups is 1. The summed E-state index contributed by atoms with van der Waals surface area (Å²) in [4.78, 5) is 17.2. The topological polar surface area (TPSA) is 56.6 Å². The molecule has 1 aliphatic rings. The standard InChI is InChI=1S/C30H28BrN3O2/c1-2-9-25-18-24(20-28(31)29(25)36-22-23-10-5-3-6-11-23)19-26(21-32)30(35)34-16-14-33(15-17-34)27-12-7-4-8-13-27/h2-8,10-13,18-20H,1,9,14-17,22H2/b26-19-. The Balaban J connectivity index is 1.49. The largest absolute Gasteiger partial charge is 0.487 e. The molecule has 5 nitrogen and oxygen atoms in total. The number of anilines is 1. The summed E-state index contributed by atoms with van der Waals surface area (Å²) >= 11 is 3.62. The van der Waals surface area contributed by atoms with Gasteiger partial charge in [-0.2, -0.15) is 5.26 Å². The molecule has 0 aliphatic carbocycles. The summed E-state index contributed by atoms with van der Waals surface area (Å²) in [5.74, 6) is 0.494. The summed E-state index contributed by atoms with van der Waals surface area (Å²) in [6.07, 6.45) is 4.07. The van der Waals surface area contributed by atoms with Crippen LogP contribution in [0.1, 0.15) is 16.7 Å². The zero-order chi connectivity index (χ0) is 25.3. The van der Waals surface area contributed by atoms with Crippen molar-refractivity contribution in [3.63, 3.8) is 0 Å². The number of halogens is 1. The highest BCUT2D eigenvalue weighted by atomic mass is 79.9. The average Bonchev–Trinajstić information content (AvgIpc) is 2.92. The van der Waals surface area contributed by atoms with Gasteiger partial charge in [0.05, 0.1) is 4.47 Å². The second-order valence-corrected chi connectivity index (χ2v) is 9.40. The summed E-state index contributed by atoms with van der Waals surface area (Å²) in [6.45, 7) is 6.92. The molecule has 0 radical (unpaired) electrons. The first-order valence-corrected chi connectivity index (χ1v) is 12.7. The van der Waals surface area contributed by atoms with Crippen LogP contribution in [0.5, 0.6) is 5.75 Å². The number of nitriles is 1. The number of amides is 1. The van der Waals surface area contributed by atoms with Crippen LogP contribution in [0.15, 0.2) is 95.5 Å². The zero-order valence-corrected chi connectivity index (χ0v) is 21.7. The van der Waals surface area contributed by atoms with Crippen molar-refractivity contribution in [2.24, 2.45) is 0 Å². The molecule has 0 unspecified atom stereocenters. The van der Waals surface area contributed by atoms with Crippen LogP contribution in [-0.4, -0.2) is 37.0 Å². The van der Waals surface area contributed by atoms with Gasteiger partial charge < -0.3 is 14.5 Å². The van der Waals surface area contributed by atoms with Crippen LogP contribution in [0.25, 0.3) is 6.08 Å². The Bertz CT molecular complexity index is 1270. The minimum absolute atomic E-state index is 0.123. The van der Waals surface area contributed by atoms with Gasteiger partial charge in [-0.25, -0.2) is 0 Å². The van der Waals surface area contributed by atoms with Gasteiger partial charge in [-0.15, -0.1) is 6.58 Å². The maximum atomic E-state index is 13.2. The van der Waals surface area contributed by atoms with Gasteiger partial charge in [0.25, 0.3) is 5.91 Å². The molecule has 6 heteroatoms. The van der Waals surface area contributed by atoms with Crippen LogP contribution in [-0.2, 0) is 17.8 Å². The van der Waals surface area contributed by atoms with Crippen molar-refractivity contribution < 1.29 is 9.53 Å². The van der Waals surface area contributed by atoms with Gasteiger partial charge in [0.1, 0.15) is 24.0 Å². The third-order valence-corrected chi connectivity index (χ3v) is 6.67. The van der Waals surface area contributed by atoms with E-state index in [0.29, 0.717) is 26.1 Å². The second-order valence-electron chi connectivity index (χ2n) is 8.54. The number of para-hydroxylation sites is 1. The highest BCUT2D eigenvalue weighted by molar-refractivity contribution is 9.10. The van der Waals surface area contributed by atoms with E-state index in [2.05, 4.69) is 45.6 Å². The fourth-order valence-corrected chi connectivity index (χ4v) is 4.87. The lowest BCUT2D eigenvalue weighted by Gasteiger charge is -2.36. The maximum Gasteiger partial charge on any atom is 0.264 e. The first-order valence-electron chi connectivity index (χ1n) is 11.9. The lowest BCUT2D eigenvalue weighted by atomic mass is 10.0.